The van der Waals surface area contributed by atoms with Crippen LogP contribution in [0.2, 0.25) is 0 Å². The van der Waals surface area contributed by atoms with Crippen LogP contribution < -0.4 is 5.32 Å². The summed E-state index contributed by atoms with van der Waals surface area (Å²) in [4.78, 5) is 65.5. The zero-order valence-electron chi connectivity index (χ0n) is 30.9. The van der Waals surface area contributed by atoms with Gasteiger partial charge in [-0.2, -0.15) is 0 Å². The normalized spacial score (nSPS) is 14.4. The average Bonchev–Trinajstić information content (AvgIpc) is 3.02. The van der Waals surface area contributed by atoms with Crippen LogP contribution in [0, 0.1) is 10.8 Å². The van der Waals surface area contributed by atoms with Crippen LogP contribution in [0.3, 0.4) is 0 Å². The predicted octanol–water partition coefficient (Wildman–Crippen LogP) is 6.58. The van der Waals surface area contributed by atoms with E-state index in [0.717, 1.165) is 19.3 Å². The molecule has 0 aromatic rings. The van der Waals surface area contributed by atoms with E-state index < -0.39 is 34.8 Å². The third kappa shape index (κ3) is 17.9. The standard InChI is InChI=1S/C37H67N3O7/c1-8-9-10-11-12-13-14-15-16-17-18-19-20-21-23-36(4,5)35(45)40-27-25-39(26-28-40)32(43)22-24-38-34(44)33(47-31(3)42)37(6,7)29-46-30(2)41/h33H,8-29H2,1-7H3,(H,38,44). The zero-order valence-corrected chi connectivity index (χ0v) is 30.9. The van der Waals surface area contributed by atoms with Crippen LogP contribution in [0.4, 0.5) is 0 Å². The number of piperazine rings is 1. The molecule has 1 heterocycles. The van der Waals surface area contributed by atoms with Crippen molar-refractivity contribution in [2.45, 2.75) is 157 Å². The number of amides is 3. The zero-order chi connectivity index (χ0) is 35.3. The van der Waals surface area contributed by atoms with Crippen LogP contribution in [0.1, 0.15) is 151 Å². The molecule has 0 spiro atoms. The monoisotopic (exact) mass is 665 g/mol. The first-order valence-electron chi connectivity index (χ1n) is 18.4. The van der Waals surface area contributed by atoms with Gasteiger partial charge in [0.05, 0.1) is 0 Å². The van der Waals surface area contributed by atoms with Gasteiger partial charge in [0.15, 0.2) is 6.10 Å². The van der Waals surface area contributed by atoms with Gasteiger partial charge in [0, 0.05) is 63.8 Å². The second-order valence-electron chi connectivity index (χ2n) is 14.7. The van der Waals surface area contributed by atoms with Gasteiger partial charge in [-0.25, -0.2) is 0 Å². The number of carbonyl (C=O) groups is 5. The summed E-state index contributed by atoms with van der Waals surface area (Å²) in [5.74, 6) is -1.64. The Kier molecular flexibility index (Phi) is 20.6. The lowest BCUT2D eigenvalue weighted by Gasteiger charge is -2.38. The fourth-order valence-electron chi connectivity index (χ4n) is 6.10. The first-order valence-corrected chi connectivity index (χ1v) is 18.4. The number of ether oxygens (including phenoxy) is 2. The molecular weight excluding hydrogens is 598 g/mol. The number of hydrogen-bond acceptors (Lipinski definition) is 7. The highest BCUT2D eigenvalue weighted by atomic mass is 16.6. The summed E-state index contributed by atoms with van der Waals surface area (Å²) in [5, 5.41) is 2.68. The van der Waals surface area contributed by atoms with E-state index in [1.54, 1.807) is 18.7 Å². The largest absolute Gasteiger partial charge is 0.465 e. The highest BCUT2D eigenvalue weighted by molar-refractivity contribution is 5.85. The molecule has 1 rings (SSSR count). The summed E-state index contributed by atoms with van der Waals surface area (Å²) >= 11 is 0. The van der Waals surface area contributed by atoms with Gasteiger partial charge in [-0.05, 0) is 6.42 Å². The molecule has 10 heteroatoms. The summed E-state index contributed by atoms with van der Waals surface area (Å²) < 4.78 is 10.3. The van der Waals surface area contributed by atoms with Crippen molar-refractivity contribution in [3.05, 3.63) is 0 Å². The molecule has 272 valence electrons. The van der Waals surface area contributed by atoms with Gasteiger partial charge in [-0.3, -0.25) is 24.0 Å². The number of esters is 2. The fraction of sp³-hybridized carbons (Fsp3) is 0.865. The molecule has 0 bridgehead atoms. The van der Waals surface area contributed by atoms with Crippen LogP contribution in [0.15, 0.2) is 0 Å². The molecule has 0 aromatic heterocycles. The van der Waals surface area contributed by atoms with Crippen molar-refractivity contribution in [3.8, 4) is 0 Å². The van der Waals surface area contributed by atoms with Gasteiger partial charge >= 0.3 is 11.9 Å². The van der Waals surface area contributed by atoms with Crippen molar-refractivity contribution < 1.29 is 33.4 Å². The minimum Gasteiger partial charge on any atom is -0.465 e. The van der Waals surface area contributed by atoms with Crippen LogP contribution >= 0.6 is 0 Å². The van der Waals surface area contributed by atoms with Crippen molar-refractivity contribution in [3.63, 3.8) is 0 Å². The second kappa shape index (κ2) is 22.8. The minimum atomic E-state index is -1.18. The van der Waals surface area contributed by atoms with Crippen molar-refractivity contribution in [1.82, 2.24) is 15.1 Å². The maximum absolute atomic E-state index is 13.3. The third-order valence-corrected chi connectivity index (χ3v) is 9.17. The number of carbonyl (C=O) groups excluding carboxylic acids is 5. The van der Waals surface area contributed by atoms with Crippen LogP contribution in [0.5, 0.6) is 0 Å². The molecule has 1 fully saturated rings. The number of nitrogens with one attached hydrogen (secondary N) is 1. The third-order valence-electron chi connectivity index (χ3n) is 9.17. The summed E-state index contributed by atoms with van der Waals surface area (Å²) in [6.07, 6.45) is 18.2. The Morgan fingerprint density at radius 2 is 1.15 bits per heavy atom. The lowest BCUT2D eigenvalue weighted by molar-refractivity contribution is -0.166. The molecule has 3 amide bonds. The molecule has 10 nitrogen and oxygen atoms in total. The second-order valence-corrected chi connectivity index (χ2v) is 14.7. The molecule has 0 radical (unpaired) electrons. The van der Waals surface area contributed by atoms with Crippen LogP contribution in [0.25, 0.3) is 0 Å². The Labute approximate surface area is 285 Å². The number of rotatable bonds is 24. The molecule has 1 aliphatic rings. The fourth-order valence-corrected chi connectivity index (χ4v) is 6.10. The van der Waals surface area contributed by atoms with E-state index >= 15 is 0 Å². The van der Waals surface area contributed by atoms with E-state index in [9.17, 15) is 24.0 Å². The predicted molar refractivity (Wildman–Crippen MR) is 185 cm³/mol. The van der Waals surface area contributed by atoms with E-state index in [-0.39, 0.29) is 31.4 Å². The molecule has 0 saturated carbocycles. The maximum atomic E-state index is 13.3. The molecule has 1 aliphatic heterocycles. The summed E-state index contributed by atoms with van der Waals surface area (Å²) in [7, 11) is 0. The molecular formula is C37H67N3O7. The van der Waals surface area contributed by atoms with Crippen molar-refractivity contribution in [2.24, 2.45) is 10.8 Å². The lowest BCUT2D eigenvalue weighted by atomic mass is 9.85. The Hall–Kier alpha value is -2.65. The molecule has 1 N–H and O–H groups in total. The van der Waals surface area contributed by atoms with E-state index in [4.69, 9.17) is 9.47 Å². The first-order chi connectivity index (χ1) is 22.2. The molecule has 0 aliphatic carbocycles. The molecule has 1 unspecified atom stereocenters. The SMILES string of the molecule is CCCCCCCCCCCCCCCCC(C)(C)C(=O)N1CCN(C(=O)CCNC(=O)C(OC(C)=O)C(C)(C)COC(C)=O)CC1. The van der Waals surface area contributed by atoms with Gasteiger partial charge in [0.25, 0.3) is 5.91 Å². The van der Waals surface area contributed by atoms with Gasteiger partial charge in [-0.15, -0.1) is 0 Å². The van der Waals surface area contributed by atoms with Crippen LogP contribution in [-0.2, 0) is 33.4 Å². The summed E-state index contributed by atoms with van der Waals surface area (Å²) in [6, 6.07) is 0. The molecule has 47 heavy (non-hydrogen) atoms. The van der Waals surface area contributed by atoms with E-state index in [1.807, 2.05) is 18.7 Å². The van der Waals surface area contributed by atoms with E-state index in [2.05, 4.69) is 12.2 Å². The number of unbranched alkanes of at least 4 members (excludes halogenated alkanes) is 13. The highest BCUT2D eigenvalue weighted by Gasteiger charge is 2.39. The van der Waals surface area contributed by atoms with E-state index in [1.165, 1.54) is 90.9 Å². The van der Waals surface area contributed by atoms with Crippen molar-refractivity contribution in [1.29, 1.82) is 0 Å². The Balaban J connectivity index is 2.30. The lowest BCUT2D eigenvalue weighted by Crippen LogP contribution is -2.54. The number of hydrogen-bond donors (Lipinski definition) is 1. The van der Waals surface area contributed by atoms with Gasteiger partial charge in [0.1, 0.15) is 6.61 Å². The van der Waals surface area contributed by atoms with Crippen molar-refractivity contribution in [2.75, 3.05) is 39.3 Å². The van der Waals surface area contributed by atoms with Crippen LogP contribution in [-0.4, -0.2) is 84.9 Å². The summed E-state index contributed by atoms with van der Waals surface area (Å²) in [6.45, 7) is 14.0. The Morgan fingerprint density at radius 3 is 1.62 bits per heavy atom. The average molecular weight is 666 g/mol. The summed E-state index contributed by atoms with van der Waals surface area (Å²) in [5.41, 5.74) is -1.39. The maximum Gasteiger partial charge on any atom is 0.303 e. The highest BCUT2D eigenvalue weighted by Crippen LogP contribution is 2.28. The molecule has 0 aromatic carbocycles. The number of nitrogens with zero attached hydrogens (tertiary/aromatic N) is 2. The molecule has 1 saturated heterocycles. The first kappa shape index (κ1) is 42.4. The van der Waals surface area contributed by atoms with Gasteiger partial charge in [-0.1, -0.05) is 125 Å². The Bertz CT molecular complexity index is 958. The van der Waals surface area contributed by atoms with E-state index in [0.29, 0.717) is 26.2 Å². The van der Waals surface area contributed by atoms with Gasteiger partial charge in [0.2, 0.25) is 11.8 Å². The van der Waals surface area contributed by atoms with Crippen molar-refractivity contribution >= 4 is 29.7 Å². The topological polar surface area (TPSA) is 122 Å². The quantitative estimate of drug-likeness (QED) is 0.0913. The van der Waals surface area contributed by atoms with Gasteiger partial charge < -0.3 is 24.6 Å². The Morgan fingerprint density at radius 1 is 0.681 bits per heavy atom. The molecule has 1 atom stereocenters. The smallest absolute Gasteiger partial charge is 0.303 e. The minimum absolute atomic E-state index is 0.0739.